The molecule has 0 aromatic heterocycles. The molecule has 2 rings (SSSR count). The van der Waals surface area contributed by atoms with E-state index >= 15 is 0 Å². The van der Waals surface area contributed by atoms with Crippen molar-refractivity contribution in [3.05, 3.63) is 0 Å². The molecule has 0 bridgehead atoms. The summed E-state index contributed by atoms with van der Waals surface area (Å²) in [4.78, 5) is 2.74. The Kier molecular flexibility index (Phi) is 3.60. The molecular formula is C14H28N2. The van der Waals surface area contributed by atoms with Crippen LogP contribution in [0.3, 0.4) is 0 Å². The molecule has 1 saturated carbocycles. The van der Waals surface area contributed by atoms with Crippen LogP contribution in [0.1, 0.15) is 47.0 Å². The van der Waals surface area contributed by atoms with Gasteiger partial charge in [0.25, 0.3) is 0 Å². The highest BCUT2D eigenvalue weighted by Crippen LogP contribution is 2.33. The maximum Gasteiger partial charge on any atom is 0.0252 e. The normalized spacial score (nSPS) is 30.9. The van der Waals surface area contributed by atoms with E-state index in [1.165, 1.54) is 32.4 Å². The second-order valence-electron chi connectivity index (χ2n) is 6.78. The van der Waals surface area contributed by atoms with E-state index in [1.807, 2.05) is 0 Å². The lowest BCUT2D eigenvalue weighted by atomic mass is 9.93. The fourth-order valence-corrected chi connectivity index (χ4v) is 2.85. The topological polar surface area (TPSA) is 15.3 Å². The average molecular weight is 224 g/mol. The molecule has 2 fully saturated rings. The van der Waals surface area contributed by atoms with Gasteiger partial charge in [-0.1, -0.05) is 26.7 Å². The fraction of sp³-hybridized carbons (Fsp3) is 1.00. The van der Waals surface area contributed by atoms with Gasteiger partial charge in [0.15, 0.2) is 0 Å². The smallest absolute Gasteiger partial charge is 0.0252 e. The van der Waals surface area contributed by atoms with E-state index < -0.39 is 0 Å². The van der Waals surface area contributed by atoms with Crippen LogP contribution in [0.15, 0.2) is 0 Å². The summed E-state index contributed by atoms with van der Waals surface area (Å²) in [5.41, 5.74) is 0.301. The quantitative estimate of drug-likeness (QED) is 0.789. The Hall–Kier alpha value is -0.0800. The van der Waals surface area contributed by atoms with Gasteiger partial charge in [-0.2, -0.15) is 0 Å². The largest absolute Gasteiger partial charge is 0.309 e. The van der Waals surface area contributed by atoms with E-state index in [4.69, 9.17) is 0 Å². The van der Waals surface area contributed by atoms with Crippen molar-refractivity contribution in [2.24, 2.45) is 11.8 Å². The Bertz CT molecular complexity index is 231. The molecule has 2 aliphatic rings. The number of hydrogen-bond acceptors (Lipinski definition) is 2. The molecule has 1 aliphatic carbocycles. The Labute approximate surface area is 101 Å². The van der Waals surface area contributed by atoms with Crippen molar-refractivity contribution in [3.8, 4) is 0 Å². The van der Waals surface area contributed by atoms with E-state index in [2.05, 4.69) is 37.9 Å². The highest BCUT2D eigenvalue weighted by molar-refractivity contribution is 4.93. The van der Waals surface area contributed by atoms with E-state index in [1.54, 1.807) is 0 Å². The van der Waals surface area contributed by atoms with Crippen LogP contribution in [0.5, 0.6) is 0 Å². The van der Waals surface area contributed by atoms with Crippen molar-refractivity contribution in [1.82, 2.24) is 10.2 Å². The zero-order valence-corrected chi connectivity index (χ0v) is 11.4. The van der Waals surface area contributed by atoms with Gasteiger partial charge in [0.1, 0.15) is 0 Å². The third-order valence-electron chi connectivity index (χ3n) is 4.15. The molecule has 1 aliphatic heterocycles. The minimum absolute atomic E-state index is 0.301. The zero-order valence-electron chi connectivity index (χ0n) is 11.4. The van der Waals surface area contributed by atoms with Gasteiger partial charge in [0, 0.05) is 24.7 Å². The van der Waals surface area contributed by atoms with Gasteiger partial charge in [-0.25, -0.2) is 0 Å². The van der Waals surface area contributed by atoms with Gasteiger partial charge in [0.2, 0.25) is 0 Å². The van der Waals surface area contributed by atoms with Crippen LogP contribution in [-0.2, 0) is 0 Å². The molecule has 0 radical (unpaired) electrons. The van der Waals surface area contributed by atoms with Gasteiger partial charge in [0.05, 0.1) is 0 Å². The summed E-state index contributed by atoms with van der Waals surface area (Å²) in [6, 6.07) is 0.742. The first-order valence-corrected chi connectivity index (χ1v) is 6.97. The lowest BCUT2D eigenvalue weighted by molar-refractivity contribution is 0.0671. The zero-order chi connectivity index (χ0) is 11.8. The molecule has 0 amide bonds. The summed E-state index contributed by atoms with van der Waals surface area (Å²) in [7, 11) is 0. The highest BCUT2D eigenvalue weighted by Gasteiger charge is 2.34. The molecule has 0 aromatic carbocycles. The van der Waals surface area contributed by atoms with Gasteiger partial charge in [-0.3, -0.25) is 4.90 Å². The maximum atomic E-state index is 3.68. The van der Waals surface area contributed by atoms with Crippen LogP contribution in [0.2, 0.25) is 0 Å². The highest BCUT2D eigenvalue weighted by atomic mass is 15.2. The molecule has 16 heavy (non-hydrogen) atoms. The molecular weight excluding hydrogens is 196 g/mol. The summed E-state index contributed by atoms with van der Waals surface area (Å²) >= 11 is 0. The Morgan fingerprint density at radius 2 is 2.00 bits per heavy atom. The Balaban J connectivity index is 1.90. The first-order chi connectivity index (χ1) is 7.48. The monoisotopic (exact) mass is 224 g/mol. The lowest BCUT2D eigenvalue weighted by Crippen LogP contribution is -2.63. The average Bonchev–Trinajstić information content (AvgIpc) is 2.96. The van der Waals surface area contributed by atoms with Crippen LogP contribution in [0.4, 0.5) is 0 Å². The molecule has 1 saturated heterocycles. The summed E-state index contributed by atoms with van der Waals surface area (Å²) in [5, 5.41) is 3.68. The molecule has 1 unspecified atom stereocenters. The number of nitrogens with one attached hydrogen (secondary N) is 1. The number of rotatable bonds is 4. The van der Waals surface area contributed by atoms with E-state index in [-0.39, 0.29) is 0 Å². The molecule has 1 heterocycles. The van der Waals surface area contributed by atoms with Gasteiger partial charge >= 0.3 is 0 Å². The first-order valence-electron chi connectivity index (χ1n) is 6.97. The maximum absolute atomic E-state index is 3.68. The van der Waals surface area contributed by atoms with Crippen LogP contribution >= 0.6 is 0 Å². The Morgan fingerprint density at radius 3 is 2.56 bits per heavy atom. The van der Waals surface area contributed by atoms with E-state index in [0.717, 1.165) is 24.4 Å². The van der Waals surface area contributed by atoms with E-state index in [9.17, 15) is 0 Å². The van der Waals surface area contributed by atoms with Crippen molar-refractivity contribution >= 4 is 0 Å². The Morgan fingerprint density at radius 1 is 1.31 bits per heavy atom. The number of nitrogens with zero attached hydrogens (tertiary/aromatic N) is 1. The van der Waals surface area contributed by atoms with Gasteiger partial charge in [-0.05, 0) is 38.6 Å². The summed E-state index contributed by atoms with van der Waals surface area (Å²) < 4.78 is 0. The molecule has 2 heteroatoms. The van der Waals surface area contributed by atoms with E-state index in [0.29, 0.717) is 5.54 Å². The van der Waals surface area contributed by atoms with Gasteiger partial charge in [-0.15, -0.1) is 0 Å². The molecule has 2 nitrogen and oxygen atoms in total. The predicted octanol–water partition coefficient (Wildman–Crippen LogP) is 2.49. The SMILES string of the molecule is CC(C)C1CNC(C)(C)CN1CCC1CC1. The first kappa shape index (κ1) is 12.4. The second kappa shape index (κ2) is 4.66. The van der Waals surface area contributed by atoms with Crippen LogP contribution < -0.4 is 5.32 Å². The van der Waals surface area contributed by atoms with Crippen molar-refractivity contribution in [2.75, 3.05) is 19.6 Å². The molecule has 1 N–H and O–H groups in total. The van der Waals surface area contributed by atoms with Crippen LogP contribution in [0.25, 0.3) is 0 Å². The van der Waals surface area contributed by atoms with Crippen LogP contribution in [-0.4, -0.2) is 36.1 Å². The predicted molar refractivity (Wildman–Crippen MR) is 69.6 cm³/mol. The minimum atomic E-state index is 0.301. The second-order valence-corrected chi connectivity index (χ2v) is 6.78. The summed E-state index contributed by atoms with van der Waals surface area (Å²) in [5.74, 6) is 1.83. The molecule has 1 atom stereocenters. The van der Waals surface area contributed by atoms with Crippen LogP contribution in [0, 0.1) is 11.8 Å². The summed E-state index contributed by atoms with van der Waals surface area (Å²) in [6.07, 6.45) is 4.41. The number of hydrogen-bond donors (Lipinski definition) is 1. The lowest BCUT2D eigenvalue weighted by Gasteiger charge is -2.46. The van der Waals surface area contributed by atoms with Crippen molar-refractivity contribution in [2.45, 2.75) is 58.5 Å². The fourth-order valence-electron chi connectivity index (χ4n) is 2.85. The van der Waals surface area contributed by atoms with Crippen molar-refractivity contribution in [1.29, 1.82) is 0 Å². The third kappa shape index (κ3) is 3.21. The summed E-state index contributed by atoms with van der Waals surface area (Å²) in [6.45, 7) is 13.1. The minimum Gasteiger partial charge on any atom is -0.309 e. The molecule has 94 valence electrons. The molecule has 0 aromatic rings. The van der Waals surface area contributed by atoms with Crippen molar-refractivity contribution in [3.63, 3.8) is 0 Å². The van der Waals surface area contributed by atoms with Crippen molar-refractivity contribution < 1.29 is 0 Å². The van der Waals surface area contributed by atoms with Gasteiger partial charge < -0.3 is 5.32 Å². The molecule has 0 spiro atoms. The third-order valence-corrected chi connectivity index (χ3v) is 4.15. The number of piperazine rings is 1. The standard InChI is InChI=1S/C14H28N2/c1-11(2)13-9-15-14(3,4)10-16(13)8-7-12-5-6-12/h11-13,15H,5-10H2,1-4H3.